The van der Waals surface area contributed by atoms with Crippen molar-refractivity contribution in [1.29, 1.82) is 0 Å². The Balaban J connectivity index is 1.67. The smallest absolute Gasteiger partial charge is 0.0601 e. The van der Waals surface area contributed by atoms with E-state index in [2.05, 4.69) is 15.9 Å². The maximum absolute atomic E-state index is 6.09. The second-order valence-electron chi connectivity index (χ2n) is 5.69. The van der Waals surface area contributed by atoms with Crippen molar-refractivity contribution in [2.75, 3.05) is 36.8 Å². The Labute approximate surface area is 120 Å². The number of rotatable bonds is 2. The van der Waals surface area contributed by atoms with Crippen LogP contribution in [-0.2, 0) is 0 Å². The van der Waals surface area contributed by atoms with Gasteiger partial charge in [-0.3, -0.25) is 4.90 Å². The van der Waals surface area contributed by atoms with Gasteiger partial charge in [0, 0.05) is 24.2 Å². The van der Waals surface area contributed by atoms with Crippen LogP contribution in [-0.4, -0.2) is 37.1 Å². The van der Waals surface area contributed by atoms with Gasteiger partial charge in [0.05, 0.1) is 11.4 Å². The van der Waals surface area contributed by atoms with Gasteiger partial charge in [-0.2, -0.15) is 0 Å². The highest BCUT2D eigenvalue weighted by atomic mass is 35.5. The third kappa shape index (κ3) is 2.82. The maximum atomic E-state index is 6.09. The lowest BCUT2D eigenvalue weighted by molar-refractivity contribution is 0.175. The zero-order chi connectivity index (χ0) is 13.2. The van der Waals surface area contributed by atoms with Crippen molar-refractivity contribution in [2.45, 2.75) is 31.7 Å². The lowest BCUT2D eigenvalue weighted by Gasteiger charge is -2.32. The summed E-state index contributed by atoms with van der Waals surface area (Å²) in [6.07, 6.45) is 5.37. The second-order valence-corrected chi connectivity index (χ2v) is 6.12. The van der Waals surface area contributed by atoms with Crippen LogP contribution in [0.3, 0.4) is 0 Å². The molecule has 19 heavy (non-hydrogen) atoms. The second kappa shape index (κ2) is 5.59. The molecule has 104 valence electrons. The molecule has 3 rings (SSSR count). The minimum absolute atomic E-state index is 0.704. The van der Waals surface area contributed by atoms with Crippen LogP contribution in [0.1, 0.15) is 25.7 Å². The summed E-state index contributed by atoms with van der Waals surface area (Å²) in [5.74, 6) is 0. The van der Waals surface area contributed by atoms with E-state index in [1.54, 1.807) is 0 Å². The Kier molecular flexibility index (Phi) is 3.85. The first-order chi connectivity index (χ1) is 9.24. The highest BCUT2D eigenvalue weighted by molar-refractivity contribution is 6.31. The number of nitrogens with zero attached hydrogens (tertiary/aromatic N) is 2. The summed E-state index contributed by atoms with van der Waals surface area (Å²) in [4.78, 5) is 5.07. The molecule has 1 aromatic rings. The van der Waals surface area contributed by atoms with Gasteiger partial charge in [-0.05, 0) is 50.6 Å². The first-order valence-electron chi connectivity index (χ1n) is 7.28. The van der Waals surface area contributed by atoms with Crippen molar-refractivity contribution in [1.82, 2.24) is 4.90 Å². The number of nitrogens with two attached hydrogens (primary N) is 1. The summed E-state index contributed by atoms with van der Waals surface area (Å²) >= 11 is 5.97. The molecule has 0 radical (unpaired) electrons. The molecule has 0 aromatic heterocycles. The molecule has 0 aliphatic carbocycles. The van der Waals surface area contributed by atoms with Crippen molar-refractivity contribution < 1.29 is 0 Å². The number of anilines is 2. The van der Waals surface area contributed by atoms with Crippen LogP contribution in [0.2, 0.25) is 5.02 Å². The number of piperidine rings is 1. The summed E-state index contributed by atoms with van der Waals surface area (Å²) in [6.45, 7) is 4.75. The Morgan fingerprint density at radius 3 is 2.63 bits per heavy atom. The molecule has 2 saturated heterocycles. The van der Waals surface area contributed by atoms with Crippen LogP contribution in [0, 0.1) is 0 Å². The highest BCUT2D eigenvalue weighted by Crippen LogP contribution is 2.31. The summed E-state index contributed by atoms with van der Waals surface area (Å²) in [7, 11) is 0. The lowest BCUT2D eigenvalue weighted by Crippen LogP contribution is -2.40. The highest BCUT2D eigenvalue weighted by Gasteiger charge is 2.29. The van der Waals surface area contributed by atoms with Crippen molar-refractivity contribution in [3.05, 3.63) is 23.2 Å². The molecule has 2 aliphatic heterocycles. The van der Waals surface area contributed by atoms with Gasteiger partial charge in [-0.1, -0.05) is 18.0 Å². The van der Waals surface area contributed by atoms with Gasteiger partial charge in [0.2, 0.25) is 0 Å². The van der Waals surface area contributed by atoms with E-state index in [-0.39, 0.29) is 0 Å². The molecular formula is C15H22ClN3. The molecule has 2 fully saturated rings. The van der Waals surface area contributed by atoms with Gasteiger partial charge >= 0.3 is 0 Å². The van der Waals surface area contributed by atoms with Crippen molar-refractivity contribution in [3.8, 4) is 0 Å². The average Bonchev–Trinajstić information content (AvgIpc) is 2.89. The molecule has 0 saturated carbocycles. The molecule has 0 amide bonds. The number of nitrogen functional groups attached to an aromatic ring is 1. The molecule has 0 spiro atoms. The van der Waals surface area contributed by atoms with Gasteiger partial charge in [0.1, 0.15) is 0 Å². The van der Waals surface area contributed by atoms with Crippen molar-refractivity contribution in [3.63, 3.8) is 0 Å². The van der Waals surface area contributed by atoms with Crippen LogP contribution >= 0.6 is 11.6 Å². The number of hydrogen-bond acceptors (Lipinski definition) is 3. The largest absolute Gasteiger partial charge is 0.397 e. The average molecular weight is 280 g/mol. The number of hydrogen-bond donors (Lipinski definition) is 1. The molecule has 1 aromatic carbocycles. The minimum atomic E-state index is 0.704. The van der Waals surface area contributed by atoms with E-state index >= 15 is 0 Å². The standard InChI is InChI=1S/C15H22ClN3/c16-12-4-5-15(14(17)10-12)19-9-6-13(11-19)18-7-2-1-3-8-18/h4-5,10,13H,1-3,6-9,11,17H2. The van der Waals surface area contributed by atoms with Crippen LogP contribution in [0.15, 0.2) is 18.2 Å². The van der Waals surface area contributed by atoms with Gasteiger partial charge in [-0.25, -0.2) is 0 Å². The van der Waals surface area contributed by atoms with Gasteiger partial charge in [0.15, 0.2) is 0 Å². The van der Waals surface area contributed by atoms with Crippen LogP contribution in [0.5, 0.6) is 0 Å². The first kappa shape index (κ1) is 13.1. The third-order valence-electron chi connectivity index (χ3n) is 4.40. The Hall–Kier alpha value is -0.930. The van der Waals surface area contributed by atoms with Gasteiger partial charge < -0.3 is 10.6 Å². The zero-order valence-electron chi connectivity index (χ0n) is 11.3. The molecule has 4 heteroatoms. The van der Waals surface area contributed by atoms with Crippen LogP contribution in [0.4, 0.5) is 11.4 Å². The molecular weight excluding hydrogens is 258 g/mol. The lowest BCUT2D eigenvalue weighted by atomic mass is 10.1. The van der Waals surface area contributed by atoms with E-state index in [1.165, 1.54) is 38.8 Å². The van der Waals surface area contributed by atoms with E-state index < -0.39 is 0 Å². The molecule has 3 nitrogen and oxygen atoms in total. The van der Waals surface area contributed by atoms with Gasteiger partial charge in [0.25, 0.3) is 0 Å². The fourth-order valence-electron chi connectivity index (χ4n) is 3.36. The molecule has 2 N–H and O–H groups in total. The normalized spacial score (nSPS) is 24.9. The predicted molar refractivity (Wildman–Crippen MR) is 81.9 cm³/mol. The zero-order valence-corrected chi connectivity index (χ0v) is 12.1. The van der Waals surface area contributed by atoms with Crippen LogP contribution < -0.4 is 10.6 Å². The number of halogens is 1. The number of benzene rings is 1. The van der Waals surface area contributed by atoms with Crippen LogP contribution in [0.25, 0.3) is 0 Å². The van der Waals surface area contributed by atoms with E-state index in [0.717, 1.165) is 24.5 Å². The summed E-state index contributed by atoms with van der Waals surface area (Å²) in [5.41, 5.74) is 8.03. The molecule has 2 heterocycles. The van der Waals surface area contributed by atoms with Crippen molar-refractivity contribution in [2.24, 2.45) is 0 Å². The molecule has 2 aliphatic rings. The fourth-order valence-corrected chi connectivity index (χ4v) is 3.54. The molecule has 1 atom stereocenters. The Bertz CT molecular complexity index is 443. The fraction of sp³-hybridized carbons (Fsp3) is 0.600. The third-order valence-corrected chi connectivity index (χ3v) is 4.64. The summed E-state index contributed by atoms with van der Waals surface area (Å²) < 4.78 is 0. The first-order valence-corrected chi connectivity index (χ1v) is 7.66. The van der Waals surface area contributed by atoms with Crippen molar-refractivity contribution >= 4 is 23.0 Å². The Morgan fingerprint density at radius 2 is 1.89 bits per heavy atom. The molecule has 0 bridgehead atoms. The SMILES string of the molecule is Nc1cc(Cl)ccc1N1CCC(N2CCCCC2)C1. The monoisotopic (exact) mass is 279 g/mol. The quantitative estimate of drug-likeness (QED) is 0.845. The topological polar surface area (TPSA) is 32.5 Å². The van der Waals surface area contributed by atoms with E-state index in [1.807, 2.05) is 12.1 Å². The molecule has 1 unspecified atom stereocenters. The number of likely N-dealkylation sites (tertiary alicyclic amines) is 1. The van der Waals surface area contributed by atoms with E-state index in [0.29, 0.717) is 11.1 Å². The Morgan fingerprint density at radius 1 is 1.11 bits per heavy atom. The van der Waals surface area contributed by atoms with E-state index in [4.69, 9.17) is 17.3 Å². The maximum Gasteiger partial charge on any atom is 0.0601 e. The summed E-state index contributed by atoms with van der Waals surface area (Å²) in [6, 6.07) is 6.54. The summed E-state index contributed by atoms with van der Waals surface area (Å²) in [5, 5.41) is 0.716. The minimum Gasteiger partial charge on any atom is -0.397 e. The van der Waals surface area contributed by atoms with Gasteiger partial charge in [-0.15, -0.1) is 0 Å². The predicted octanol–water partition coefficient (Wildman–Crippen LogP) is 2.99. The van der Waals surface area contributed by atoms with E-state index in [9.17, 15) is 0 Å².